The van der Waals surface area contributed by atoms with E-state index in [9.17, 15) is 9.18 Å². The van der Waals surface area contributed by atoms with E-state index < -0.39 is 11.9 Å². The van der Waals surface area contributed by atoms with Crippen LogP contribution in [0.3, 0.4) is 0 Å². The molecule has 0 aliphatic rings. The van der Waals surface area contributed by atoms with Crippen LogP contribution < -0.4 is 10.1 Å². The Kier molecular flexibility index (Phi) is 6.39. The minimum atomic E-state index is -0.664. The Bertz CT molecular complexity index is 1010. The van der Waals surface area contributed by atoms with Gasteiger partial charge >= 0.3 is 6.09 Å². The van der Waals surface area contributed by atoms with Crippen molar-refractivity contribution in [2.75, 3.05) is 5.32 Å². The first-order valence-corrected chi connectivity index (χ1v) is 9.13. The average molecular weight is 395 g/mol. The normalized spacial score (nSPS) is 10.5. The number of carbonyl (C=O) groups excluding carboxylic acids is 1. The molecule has 3 rings (SSSR count). The molecular formula is C22H22FN3O3. The predicted molar refractivity (Wildman–Crippen MR) is 107 cm³/mol. The van der Waals surface area contributed by atoms with Gasteiger partial charge < -0.3 is 9.47 Å². The zero-order valence-electron chi connectivity index (χ0n) is 16.5. The highest BCUT2D eigenvalue weighted by molar-refractivity contribution is 5.84. The Morgan fingerprint density at radius 1 is 0.966 bits per heavy atom. The number of rotatable bonds is 6. The van der Waals surface area contributed by atoms with Gasteiger partial charge in [-0.25, -0.2) is 9.18 Å². The SMILES string of the molecule is Cc1nc(C)c(COc2ccc(NC(=O)OCc3ccccc3)cc2F)nc1C. The molecule has 7 heteroatoms. The van der Waals surface area contributed by atoms with Crippen molar-refractivity contribution in [1.29, 1.82) is 0 Å². The van der Waals surface area contributed by atoms with Crippen LogP contribution in [0.25, 0.3) is 0 Å². The number of halogens is 1. The summed E-state index contributed by atoms with van der Waals surface area (Å²) in [6, 6.07) is 13.5. The van der Waals surface area contributed by atoms with Crippen LogP contribution in [0.15, 0.2) is 48.5 Å². The summed E-state index contributed by atoms with van der Waals surface area (Å²) in [6.07, 6.45) is -0.664. The molecular weight excluding hydrogens is 373 g/mol. The second-order valence-electron chi connectivity index (χ2n) is 6.55. The first-order chi connectivity index (χ1) is 13.9. The number of benzene rings is 2. The summed E-state index contributed by atoms with van der Waals surface area (Å²) in [5.41, 5.74) is 4.19. The molecule has 0 fully saturated rings. The summed E-state index contributed by atoms with van der Waals surface area (Å²) in [5, 5.41) is 2.50. The van der Waals surface area contributed by atoms with Crippen LogP contribution in [0, 0.1) is 26.6 Å². The second kappa shape index (κ2) is 9.14. The maximum atomic E-state index is 14.3. The Hall–Kier alpha value is -3.48. The number of carbonyl (C=O) groups is 1. The molecule has 3 aromatic rings. The van der Waals surface area contributed by atoms with Crippen molar-refractivity contribution < 1.29 is 18.7 Å². The highest BCUT2D eigenvalue weighted by Crippen LogP contribution is 2.22. The summed E-state index contributed by atoms with van der Waals surface area (Å²) < 4.78 is 25.0. The fourth-order valence-corrected chi connectivity index (χ4v) is 2.62. The Morgan fingerprint density at radius 2 is 1.69 bits per heavy atom. The van der Waals surface area contributed by atoms with Crippen LogP contribution in [0.2, 0.25) is 0 Å². The molecule has 2 aromatic carbocycles. The van der Waals surface area contributed by atoms with Gasteiger partial charge in [0.15, 0.2) is 11.6 Å². The largest absolute Gasteiger partial charge is 0.484 e. The van der Waals surface area contributed by atoms with Crippen LogP contribution in [0.4, 0.5) is 14.9 Å². The molecule has 0 atom stereocenters. The number of amides is 1. The minimum Gasteiger partial charge on any atom is -0.484 e. The lowest BCUT2D eigenvalue weighted by molar-refractivity contribution is 0.155. The average Bonchev–Trinajstić information content (AvgIpc) is 2.70. The predicted octanol–water partition coefficient (Wildman–Crippen LogP) is 4.87. The molecule has 0 spiro atoms. The first-order valence-electron chi connectivity index (χ1n) is 9.13. The van der Waals surface area contributed by atoms with Gasteiger partial charge in [0.1, 0.15) is 13.2 Å². The number of ether oxygens (including phenoxy) is 2. The number of hydrogen-bond donors (Lipinski definition) is 1. The summed E-state index contributed by atoms with van der Waals surface area (Å²) in [4.78, 5) is 20.7. The van der Waals surface area contributed by atoms with Crippen molar-refractivity contribution in [2.24, 2.45) is 0 Å². The maximum Gasteiger partial charge on any atom is 0.411 e. The highest BCUT2D eigenvalue weighted by atomic mass is 19.1. The third kappa shape index (κ3) is 5.51. The first kappa shape index (κ1) is 20.3. The number of nitrogens with one attached hydrogen (secondary N) is 1. The molecule has 0 saturated carbocycles. The molecule has 150 valence electrons. The Balaban J connectivity index is 1.57. The zero-order valence-corrected chi connectivity index (χ0v) is 16.5. The monoisotopic (exact) mass is 395 g/mol. The second-order valence-corrected chi connectivity index (χ2v) is 6.55. The molecule has 0 unspecified atom stereocenters. The van der Waals surface area contributed by atoms with Crippen molar-refractivity contribution in [3.05, 3.63) is 82.7 Å². The standard InChI is InChI=1S/C22H22FN3O3/c1-14-15(2)25-20(16(3)24-14)13-28-21-10-9-18(11-19(21)23)26-22(27)29-12-17-7-5-4-6-8-17/h4-11H,12-13H2,1-3H3,(H,26,27). The van der Waals surface area contributed by atoms with E-state index in [-0.39, 0.29) is 24.7 Å². The van der Waals surface area contributed by atoms with Gasteiger partial charge in [-0.3, -0.25) is 15.3 Å². The molecule has 1 N–H and O–H groups in total. The summed E-state index contributed by atoms with van der Waals surface area (Å²) in [7, 11) is 0. The maximum absolute atomic E-state index is 14.3. The lowest BCUT2D eigenvalue weighted by atomic mass is 10.2. The van der Waals surface area contributed by atoms with Crippen molar-refractivity contribution >= 4 is 11.8 Å². The molecule has 0 aliphatic heterocycles. The smallest absolute Gasteiger partial charge is 0.411 e. The third-order valence-corrected chi connectivity index (χ3v) is 4.33. The van der Waals surface area contributed by atoms with Crippen molar-refractivity contribution in [1.82, 2.24) is 9.97 Å². The van der Waals surface area contributed by atoms with E-state index in [4.69, 9.17) is 9.47 Å². The molecule has 0 bridgehead atoms. The topological polar surface area (TPSA) is 73.3 Å². The summed E-state index contributed by atoms with van der Waals surface area (Å²) in [6.45, 7) is 5.82. The quantitative estimate of drug-likeness (QED) is 0.645. The molecule has 6 nitrogen and oxygen atoms in total. The number of hydrogen-bond acceptors (Lipinski definition) is 5. The van der Waals surface area contributed by atoms with Gasteiger partial charge in [0.2, 0.25) is 0 Å². The van der Waals surface area contributed by atoms with Crippen molar-refractivity contribution in [3.8, 4) is 5.75 Å². The van der Waals surface area contributed by atoms with Crippen LogP contribution in [-0.2, 0) is 18.0 Å². The van der Waals surface area contributed by atoms with Gasteiger partial charge in [-0.2, -0.15) is 0 Å². The van der Waals surface area contributed by atoms with Crippen LogP contribution >= 0.6 is 0 Å². The van der Waals surface area contributed by atoms with Crippen molar-refractivity contribution in [2.45, 2.75) is 34.0 Å². The van der Waals surface area contributed by atoms with E-state index >= 15 is 0 Å². The van der Waals surface area contributed by atoms with E-state index in [2.05, 4.69) is 15.3 Å². The number of aromatic nitrogens is 2. The van der Waals surface area contributed by atoms with Gasteiger partial charge in [0.25, 0.3) is 0 Å². The van der Waals surface area contributed by atoms with Gasteiger partial charge in [-0.15, -0.1) is 0 Å². The van der Waals surface area contributed by atoms with Crippen LogP contribution in [0.5, 0.6) is 5.75 Å². The van der Waals surface area contributed by atoms with E-state index in [1.165, 1.54) is 12.1 Å². The van der Waals surface area contributed by atoms with E-state index in [1.807, 2.05) is 51.1 Å². The minimum absolute atomic E-state index is 0.0626. The lowest BCUT2D eigenvalue weighted by Gasteiger charge is -2.12. The van der Waals surface area contributed by atoms with Crippen LogP contribution in [-0.4, -0.2) is 16.1 Å². The highest BCUT2D eigenvalue weighted by Gasteiger charge is 2.11. The van der Waals surface area contributed by atoms with E-state index in [0.29, 0.717) is 5.69 Å². The molecule has 0 radical (unpaired) electrons. The van der Waals surface area contributed by atoms with Gasteiger partial charge in [0.05, 0.1) is 22.8 Å². The van der Waals surface area contributed by atoms with Gasteiger partial charge in [-0.1, -0.05) is 30.3 Å². The molecule has 1 heterocycles. The number of anilines is 1. The summed E-state index contributed by atoms with van der Waals surface area (Å²) >= 11 is 0. The molecule has 1 amide bonds. The Labute approximate surface area is 168 Å². The zero-order chi connectivity index (χ0) is 20.8. The van der Waals surface area contributed by atoms with E-state index in [1.54, 1.807) is 6.07 Å². The van der Waals surface area contributed by atoms with Gasteiger partial charge in [-0.05, 0) is 38.5 Å². The fraction of sp³-hybridized carbons (Fsp3) is 0.227. The number of nitrogens with zero attached hydrogens (tertiary/aromatic N) is 2. The fourth-order valence-electron chi connectivity index (χ4n) is 2.62. The third-order valence-electron chi connectivity index (χ3n) is 4.33. The van der Waals surface area contributed by atoms with Crippen molar-refractivity contribution in [3.63, 3.8) is 0 Å². The van der Waals surface area contributed by atoms with Crippen LogP contribution in [0.1, 0.15) is 28.3 Å². The molecule has 29 heavy (non-hydrogen) atoms. The molecule has 0 aliphatic carbocycles. The van der Waals surface area contributed by atoms with E-state index in [0.717, 1.165) is 22.6 Å². The molecule has 0 saturated heterocycles. The Morgan fingerprint density at radius 3 is 2.41 bits per heavy atom. The molecule has 1 aromatic heterocycles. The van der Waals surface area contributed by atoms with Gasteiger partial charge in [0, 0.05) is 11.8 Å². The summed E-state index contributed by atoms with van der Waals surface area (Å²) in [5.74, 6) is -0.534. The number of aryl methyl sites for hydroxylation is 3. The lowest BCUT2D eigenvalue weighted by Crippen LogP contribution is -2.13.